The molecule has 0 aromatic carbocycles. The van der Waals surface area contributed by atoms with E-state index in [0.717, 1.165) is 0 Å². The van der Waals surface area contributed by atoms with Gasteiger partial charge in [0.1, 0.15) is 9.84 Å². The summed E-state index contributed by atoms with van der Waals surface area (Å²) in [5.41, 5.74) is 0.971. The highest BCUT2D eigenvalue weighted by atomic mass is 32.2. The minimum atomic E-state index is -2.95. The van der Waals surface area contributed by atoms with Crippen molar-refractivity contribution < 1.29 is 18.3 Å². The molecule has 0 N–H and O–H groups in total. The van der Waals surface area contributed by atoms with Crippen molar-refractivity contribution in [3.8, 4) is 11.6 Å². The Balaban J connectivity index is 2.53. The zero-order valence-electron chi connectivity index (χ0n) is 10.2. The van der Waals surface area contributed by atoms with Crippen LogP contribution in [0.5, 0.6) is 11.6 Å². The topological polar surface area (TPSA) is 76.2 Å². The zero-order chi connectivity index (χ0) is 13.1. The van der Waals surface area contributed by atoms with E-state index >= 15 is 0 Å². The molecule has 0 unspecified atom stereocenters. The van der Waals surface area contributed by atoms with Gasteiger partial charge in [0.25, 0.3) is 0 Å². The summed E-state index contributed by atoms with van der Waals surface area (Å²) in [6.45, 7) is 3.59. The van der Waals surface area contributed by atoms with Gasteiger partial charge in [-0.15, -0.1) is 0 Å². The first kappa shape index (κ1) is 13.8. The van der Waals surface area contributed by atoms with E-state index in [1.807, 2.05) is 0 Å². The molecule has 1 radical (unpaired) electrons. The molecule has 6 heteroatoms. The van der Waals surface area contributed by atoms with Crippen LogP contribution in [0.1, 0.15) is 17.7 Å². The maximum atomic E-state index is 11.4. The fourth-order valence-corrected chi connectivity index (χ4v) is 2.00. The maximum Gasteiger partial charge on any atom is 0.213 e. The molecule has 17 heavy (non-hydrogen) atoms. The number of aryl methyl sites for hydroxylation is 2. The van der Waals surface area contributed by atoms with Crippen LogP contribution in [0.4, 0.5) is 0 Å². The first-order chi connectivity index (χ1) is 7.79. The lowest BCUT2D eigenvalue weighted by molar-refractivity contribution is 0.299. The average molecular weight is 258 g/mol. The number of aromatic nitrogens is 1. The quantitative estimate of drug-likeness (QED) is 0.752. The molecule has 0 aliphatic rings. The Bertz CT molecular complexity index is 473. The smallest absolute Gasteiger partial charge is 0.213 e. The molecule has 1 rings (SSSR count). The van der Waals surface area contributed by atoms with E-state index in [1.165, 1.54) is 6.26 Å². The SMILES string of the molecule is Cc1cc(OCCCS(C)(=O)=O)nc(C)c1[O]. The summed E-state index contributed by atoms with van der Waals surface area (Å²) < 4.78 is 27.1. The first-order valence-electron chi connectivity index (χ1n) is 5.25. The summed E-state index contributed by atoms with van der Waals surface area (Å²) in [5, 5.41) is 11.4. The van der Waals surface area contributed by atoms with Crippen LogP contribution in [0, 0.1) is 13.8 Å². The van der Waals surface area contributed by atoms with Gasteiger partial charge in [0.15, 0.2) is 0 Å². The molecule has 1 aromatic rings. The van der Waals surface area contributed by atoms with Gasteiger partial charge in [-0.1, -0.05) is 0 Å². The predicted molar refractivity (Wildman–Crippen MR) is 63.7 cm³/mol. The summed E-state index contributed by atoms with van der Waals surface area (Å²) in [5.74, 6) is 0.367. The van der Waals surface area contributed by atoms with Crippen LogP contribution < -0.4 is 4.74 Å². The van der Waals surface area contributed by atoms with Gasteiger partial charge in [0.05, 0.1) is 18.1 Å². The van der Waals surface area contributed by atoms with Crippen molar-refractivity contribution in [1.29, 1.82) is 0 Å². The summed E-state index contributed by atoms with van der Waals surface area (Å²) in [7, 11) is -2.95. The number of pyridine rings is 1. The largest absolute Gasteiger partial charge is 0.478 e. The Morgan fingerprint density at radius 1 is 1.35 bits per heavy atom. The van der Waals surface area contributed by atoms with E-state index in [4.69, 9.17) is 4.74 Å². The second kappa shape index (κ2) is 5.35. The lowest BCUT2D eigenvalue weighted by Gasteiger charge is -2.07. The van der Waals surface area contributed by atoms with Gasteiger partial charge in [0.2, 0.25) is 11.6 Å². The number of hydrogen-bond donors (Lipinski definition) is 0. The minimum absolute atomic E-state index is 0.0879. The normalized spacial score (nSPS) is 11.5. The lowest BCUT2D eigenvalue weighted by atomic mass is 10.2. The van der Waals surface area contributed by atoms with Crippen molar-refractivity contribution in [2.24, 2.45) is 0 Å². The van der Waals surface area contributed by atoms with Crippen LogP contribution in [0.2, 0.25) is 0 Å². The Morgan fingerprint density at radius 3 is 2.53 bits per heavy atom. The third-order valence-corrected chi connectivity index (χ3v) is 3.24. The first-order valence-corrected chi connectivity index (χ1v) is 7.31. The van der Waals surface area contributed by atoms with Gasteiger partial charge in [-0.25, -0.2) is 13.4 Å². The van der Waals surface area contributed by atoms with E-state index in [0.29, 0.717) is 23.6 Å². The fourth-order valence-electron chi connectivity index (χ4n) is 1.36. The predicted octanol–water partition coefficient (Wildman–Crippen LogP) is 1.66. The molecule has 0 spiro atoms. The van der Waals surface area contributed by atoms with Gasteiger partial charge in [0, 0.05) is 17.9 Å². The van der Waals surface area contributed by atoms with Crippen LogP contribution in [-0.2, 0) is 14.9 Å². The number of nitrogens with zero attached hydrogens (tertiary/aromatic N) is 1. The van der Waals surface area contributed by atoms with Gasteiger partial charge in [-0.05, 0) is 20.3 Å². The van der Waals surface area contributed by atoms with Crippen molar-refractivity contribution in [1.82, 2.24) is 4.98 Å². The van der Waals surface area contributed by atoms with Crippen LogP contribution in [-0.4, -0.2) is 32.0 Å². The van der Waals surface area contributed by atoms with Gasteiger partial charge < -0.3 is 4.74 Å². The Morgan fingerprint density at radius 2 is 2.00 bits per heavy atom. The van der Waals surface area contributed by atoms with Gasteiger partial charge in [-0.3, -0.25) is 5.11 Å². The van der Waals surface area contributed by atoms with Crippen molar-refractivity contribution >= 4 is 9.84 Å². The third-order valence-electron chi connectivity index (χ3n) is 2.21. The Kier molecular flexibility index (Phi) is 4.34. The summed E-state index contributed by atoms with van der Waals surface area (Å²) in [6, 6.07) is 1.57. The van der Waals surface area contributed by atoms with Crippen molar-refractivity contribution in [2.75, 3.05) is 18.6 Å². The third kappa shape index (κ3) is 4.60. The lowest BCUT2D eigenvalue weighted by Crippen LogP contribution is -2.08. The second-order valence-electron chi connectivity index (χ2n) is 4.02. The van der Waals surface area contributed by atoms with Crippen molar-refractivity contribution in [3.63, 3.8) is 0 Å². The molecule has 0 atom stereocenters. The Labute approximate surface area is 101 Å². The second-order valence-corrected chi connectivity index (χ2v) is 6.28. The van der Waals surface area contributed by atoms with Crippen LogP contribution >= 0.6 is 0 Å². The van der Waals surface area contributed by atoms with E-state index in [-0.39, 0.29) is 18.1 Å². The van der Waals surface area contributed by atoms with Gasteiger partial charge >= 0.3 is 0 Å². The number of hydrogen-bond acceptors (Lipinski definition) is 4. The average Bonchev–Trinajstić information content (AvgIpc) is 2.19. The number of rotatable bonds is 5. The molecule has 1 aromatic heterocycles. The van der Waals surface area contributed by atoms with Crippen LogP contribution in [0.25, 0.3) is 0 Å². The van der Waals surface area contributed by atoms with Gasteiger partial charge in [-0.2, -0.15) is 0 Å². The van der Waals surface area contributed by atoms with E-state index in [1.54, 1.807) is 19.9 Å². The highest BCUT2D eigenvalue weighted by Gasteiger charge is 2.08. The molecule has 5 nitrogen and oxygen atoms in total. The molecule has 0 aliphatic heterocycles. The van der Waals surface area contributed by atoms with E-state index < -0.39 is 9.84 Å². The summed E-state index contributed by atoms with van der Waals surface area (Å²) >= 11 is 0. The molecule has 0 saturated heterocycles. The molecule has 95 valence electrons. The molecular formula is C11H16NO4S. The summed E-state index contributed by atoms with van der Waals surface area (Å²) in [6.07, 6.45) is 1.60. The zero-order valence-corrected chi connectivity index (χ0v) is 11.0. The molecule has 0 aliphatic carbocycles. The molecule has 0 bridgehead atoms. The number of sulfone groups is 1. The minimum Gasteiger partial charge on any atom is -0.478 e. The standard InChI is InChI=1S/C11H16NO4S/c1-8-7-10(12-9(2)11(8)13)16-5-4-6-17(3,14)15/h7H,4-6H2,1-3H3. The molecule has 0 amide bonds. The van der Waals surface area contributed by atoms with Crippen molar-refractivity contribution in [3.05, 3.63) is 17.3 Å². The molecule has 0 saturated carbocycles. The maximum absolute atomic E-state index is 11.4. The fraction of sp³-hybridized carbons (Fsp3) is 0.545. The molecular weight excluding hydrogens is 242 g/mol. The van der Waals surface area contributed by atoms with E-state index in [9.17, 15) is 13.5 Å². The monoisotopic (exact) mass is 258 g/mol. The van der Waals surface area contributed by atoms with Crippen LogP contribution in [0.15, 0.2) is 6.07 Å². The number of ether oxygens (including phenoxy) is 1. The molecule has 1 heterocycles. The van der Waals surface area contributed by atoms with Crippen molar-refractivity contribution in [2.45, 2.75) is 20.3 Å². The Hall–Kier alpha value is -1.30. The van der Waals surface area contributed by atoms with Crippen LogP contribution in [0.3, 0.4) is 0 Å². The highest BCUT2D eigenvalue weighted by molar-refractivity contribution is 7.90. The summed E-state index contributed by atoms with van der Waals surface area (Å²) in [4.78, 5) is 3.98. The molecule has 0 fully saturated rings. The van der Waals surface area contributed by atoms with E-state index in [2.05, 4.69) is 4.98 Å². The highest BCUT2D eigenvalue weighted by Crippen LogP contribution is 2.24.